The van der Waals surface area contributed by atoms with Gasteiger partial charge in [-0.05, 0) is 63.3 Å². The Morgan fingerprint density at radius 1 is 1.31 bits per heavy atom. The Morgan fingerprint density at radius 3 is 2.54 bits per heavy atom. The summed E-state index contributed by atoms with van der Waals surface area (Å²) in [4.78, 5) is 11.8. The molecule has 0 saturated carbocycles. The van der Waals surface area contributed by atoms with Crippen molar-refractivity contribution in [3.8, 4) is 11.1 Å². The maximum atomic E-state index is 13.5. The van der Waals surface area contributed by atoms with Crippen LogP contribution in [0.5, 0.6) is 0 Å². The minimum atomic E-state index is -2.56. The Balaban J connectivity index is 2.18. The summed E-state index contributed by atoms with van der Waals surface area (Å²) in [7, 11) is 1.75. The first-order valence-corrected chi connectivity index (χ1v) is 8.69. The number of benzene rings is 1. The molecule has 4 nitrogen and oxygen atoms in total. The Labute approximate surface area is 153 Å². The van der Waals surface area contributed by atoms with Crippen LogP contribution in [0.15, 0.2) is 24.5 Å². The van der Waals surface area contributed by atoms with Crippen molar-refractivity contribution in [3.63, 3.8) is 0 Å². The highest BCUT2D eigenvalue weighted by atomic mass is 19.3. The van der Waals surface area contributed by atoms with E-state index in [1.54, 1.807) is 30.2 Å². The lowest BCUT2D eigenvalue weighted by atomic mass is 9.93. The molecule has 1 heterocycles. The zero-order chi connectivity index (χ0) is 19.5. The van der Waals surface area contributed by atoms with Gasteiger partial charge in [-0.3, -0.25) is 9.48 Å². The second kappa shape index (κ2) is 7.98. The minimum absolute atomic E-state index is 0.00592. The van der Waals surface area contributed by atoms with E-state index in [-0.39, 0.29) is 11.5 Å². The average molecular weight is 364 g/mol. The molecule has 0 N–H and O–H groups in total. The molecule has 1 aromatic heterocycles. The molecule has 2 rings (SSSR count). The van der Waals surface area contributed by atoms with Crippen LogP contribution in [0.4, 0.5) is 8.78 Å². The van der Waals surface area contributed by atoms with Crippen molar-refractivity contribution in [1.82, 2.24) is 9.78 Å². The van der Waals surface area contributed by atoms with Crippen molar-refractivity contribution in [2.24, 2.45) is 7.05 Å². The van der Waals surface area contributed by atoms with Gasteiger partial charge in [0, 0.05) is 30.8 Å². The van der Waals surface area contributed by atoms with Crippen molar-refractivity contribution >= 4 is 5.97 Å². The molecular weight excluding hydrogens is 338 g/mol. The fraction of sp³-hybridized carbons (Fsp3) is 0.500. The molecule has 26 heavy (non-hydrogen) atoms. The van der Waals surface area contributed by atoms with Gasteiger partial charge in [-0.2, -0.15) is 5.10 Å². The number of hydrogen-bond donors (Lipinski definition) is 0. The Morgan fingerprint density at radius 2 is 2.00 bits per heavy atom. The summed E-state index contributed by atoms with van der Waals surface area (Å²) >= 11 is 0. The van der Waals surface area contributed by atoms with Gasteiger partial charge in [0.25, 0.3) is 6.43 Å². The van der Waals surface area contributed by atoms with Crippen LogP contribution in [0.2, 0.25) is 0 Å². The molecule has 6 heteroatoms. The van der Waals surface area contributed by atoms with Gasteiger partial charge in [-0.15, -0.1) is 0 Å². The second-order valence-electron chi connectivity index (χ2n) is 7.51. The molecule has 0 atom stereocenters. The van der Waals surface area contributed by atoms with Gasteiger partial charge in [0.05, 0.1) is 6.20 Å². The van der Waals surface area contributed by atoms with E-state index in [0.717, 1.165) is 11.1 Å². The van der Waals surface area contributed by atoms with Gasteiger partial charge in [-0.25, -0.2) is 8.78 Å². The molecule has 142 valence electrons. The number of nitrogens with zero attached hydrogens (tertiary/aromatic N) is 2. The van der Waals surface area contributed by atoms with Gasteiger partial charge in [0.2, 0.25) is 0 Å². The smallest absolute Gasteiger partial charge is 0.306 e. The Bertz CT molecular complexity index is 777. The molecule has 0 radical (unpaired) electrons. The third-order valence-corrected chi connectivity index (χ3v) is 4.01. The fourth-order valence-electron chi connectivity index (χ4n) is 2.85. The van der Waals surface area contributed by atoms with Crippen LogP contribution in [0.1, 0.15) is 56.7 Å². The van der Waals surface area contributed by atoms with E-state index in [1.807, 2.05) is 27.7 Å². The Kier molecular flexibility index (Phi) is 6.16. The van der Waals surface area contributed by atoms with Crippen LogP contribution in [0.25, 0.3) is 11.1 Å². The van der Waals surface area contributed by atoms with Crippen LogP contribution < -0.4 is 0 Å². The number of alkyl halides is 2. The van der Waals surface area contributed by atoms with Crippen molar-refractivity contribution in [3.05, 3.63) is 41.2 Å². The van der Waals surface area contributed by atoms with E-state index in [9.17, 15) is 13.6 Å². The van der Waals surface area contributed by atoms with E-state index < -0.39 is 12.0 Å². The molecule has 0 aliphatic carbocycles. The Hall–Kier alpha value is -2.24. The number of rotatable bonds is 6. The lowest BCUT2D eigenvalue weighted by molar-refractivity contribution is -0.154. The second-order valence-corrected chi connectivity index (χ2v) is 7.51. The molecule has 0 fully saturated rings. The van der Waals surface area contributed by atoms with Crippen molar-refractivity contribution in [1.29, 1.82) is 0 Å². The number of halogens is 2. The van der Waals surface area contributed by atoms with Gasteiger partial charge >= 0.3 is 5.97 Å². The third-order valence-electron chi connectivity index (χ3n) is 4.01. The average Bonchev–Trinajstić information content (AvgIpc) is 2.93. The number of hydrogen-bond acceptors (Lipinski definition) is 3. The van der Waals surface area contributed by atoms with Crippen molar-refractivity contribution in [2.45, 2.75) is 59.0 Å². The number of ether oxygens (including phenoxy) is 1. The summed E-state index contributed by atoms with van der Waals surface area (Å²) in [6.45, 7) is 7.32. The predicted molar refractivity (Wildman–Crippen MR) is 97.1 cm³/mol. The first-order chi connectivity index (χ1) is 12.1. The minimum Gasteiger partial charge on any atom is -0.460 e. The van der Waals surface area contributed by atoms with Crippen molar-refractivity contribution < 1.29 is 18.3 Å². The zero-order valence-corrected chi connectivity index (χ0v) is 16.0. The highest BCUT2D eigenvalue weighted by Gasteiger charge is 2.19. The molecule has 0 saturated heterocycles. The van der Waals surface area contributed by atoms with Crippen LogP contribution in [0, 0.1) is 6.92 Å². The molecule has 0 amide bonds. The van der Waals surface area contributed by atoms with Crippen LogP contribution >= 0.6 is 0 Å². The summed E-state index contributed by atoms with van der Waals surface area (Å²) in [5.41, 5.74) is 2.42. The van der Waals surface area contributed by atoms with Crippen LogP contribution in [-0.4, -0.2) is 21.4 Å². The first-order valence-electron chi connectivity index (χ1n) is 8.69. The lowest BCUT2D eigenvalue weighted by Gasteiger charge is -2.19. The molecule has 0 spiro atoms. The molecule has 0 aliphatic rings. The van der Waals surface area contributed by atoms with E-state index in [1.165, 1.54) is 6.07 Å². The molecule has 0 bridgehead atoms. The zero-order valence-electron chi connectivity index (χ0n) is 16.0. The van der Waals surface area contributed by atoms with Gasteiger partial charge in [0.15, 0.2) is 0 Å². The van der Waals surface area contributed by atoms with Crippen LogP contribution in [-0.2, 0) is 23.0 Å². The fourth-order valence-corrected chi connectivity index (χ4v) is 2.85. The van der Waals surface area contributed by atoms with Crippen molar-refractivity contribution in [2.75, 3.05) is 0 Å². The topological polar surface area (TPSA) is 44.1 Å². The normalized spacial score (nSPS) is 11.8. The molecular formula is C20H26F2N2O2. The number of aryl methyl sites for hydroxylation is 3. The number of aromatic nitrogens is 2. The number of carbonyl (C=O) groups excluding carboxylic acids is 1. The monoisotopic (exact) mass is 364 g/mol. The van der Waals surface area contributed by atoms with Gasteiger partial charge in [0.1, 0.15) is 5.60 Å². The lowest BCUT2D eigenvalue weighted by Crippen LogP contribution is -2.23. The summed E-state index contributed by atoms with van der Waals surface area (Å²) < 4.78 is 33.8. The maximum Gasteiger partial charge on any atom is 0.306 e. The molecule has 0 aliphatic heterocycles. The summed E-state index contributed by atoms with van der Waals surface area (Å²) in [5.74, 6) is -0.244. The van der Waals surface area contributed by atoms with E-state index in [4.69, 9.17) is 4.74 Å². The maximum absolute atomic E-state index is 13.5. The number of esters is 1. The SMILES string of the molecule is Cc1cc(C(F)F)c(-c2cnn(C)c2)cc1CCCC(=O)OC(C)(C)C. The third kappa shape index (κ3) is 5.38. The van der Waals surface area contributed by atoms with E-state index in [2.05, 4.69) is 5.10 Å². The molecule has 0 unspecified atom stereocenters. The highest BCUT2D eigenvalue weighted by molar-refractivity contribution is 5.70. The van der Waals surface area contributed by atoms with Gasteiger partial charge in [-0.1, -0.05) is 6.07 Å². The standard InChI is InChI=1S/C20H26F2N2O2/c1-13-9-17(19(21)22)16(15-11-23-24(5)12-15)10-14(13)7-6-8-18(25)26-20(2,3)4/h9-12,19H,6-8H2,1-5H3. The highest BCUT2D eigenvalue weighted by Crippen LogP contribution is 2.33. The summed E-state index contributed by atoms with van der Waals surface area (Å²) in [6, 6.07) is 3.33. The predicted octanol–water partition coefficient (Wildman–Crippen LogP) is 5.00. The van der Waals surface area contributed by atoms with Gasteiger partial charge < -0.3 is 4.74 Å². The summed E-state index contributed by atoms with van der Waals surface area (Å²) in [6.07, 6.45) is 2.29. The van der Waals surface area contributed by atoms with E-state index >= 15 is 0 Å². The molecule has 2 aromatic rings. The largest absolute Gasteiger partial charge is 0.460 e. The molecule has 1 aromatic carbocycles. The van der Waals surface area contributed by atoms with E-state index in [0.29, 0.717) is 30.4 Å². The number of carbonyl (C=O) groups is 1. The summed E-state index contributed by atoms with van der Waals surface area (Å²) in [5, 5.41) is 4.08. The first kappa shape index (κ1) is 20.1. The van der Waals surface area contributed by atoms with Crippen LogP contribution in [0.3, 0.4) is 0 Å². The quantitative estimate of drug-likeness (QED) is 0.678.